The van der Waals surface area contributed by atoms with Crippen LogP contribution in [0.2, 0.25) is 0 Å². The topological polar surface area (TPSA) is 52.2 Å². The minimum Gasteiger partial charge on any atom is -0.298 e. The van der Waals surface area contributed by atoms with Crippen LogP contribution in [0.4, 0.5) is 0 Å². The Morgan fingerprint density at radius 2 is 1.75 bits per heavy atom. The largest absolute Gasteiger partial charge is 0.329 e. The van der Waals surface area contributed by atoms with Gasteiger partial charge >= 0.3 is 5.69 Å². The number of pyridine rings is 1. The SMILES string of the molecule is Cc1cc(C)cc(Sc2c(CC3(Cc4ccncc4)C=CC=N3)n(C)c(=O)n2C(C)C)c1. The molecule has 1 unspecified atom stereocenters. The number of hydrogen-bond donors (Lipinski definition) is 0. The molecule has 1 aliphatic rings. The monoisotopic (exact) mass is 446 g/mol. The van der Waals surface area contributed by atoms with Gasteiger partial charge < -0.3 is 0 Å². The fourth-order valence-corrected chi connectivity index (χ4v) is 5.81. The summed E-state index contributed by atoms with van der Waals surface area (Å²) in [6.07, 6.45) is 11.1. The molecule has 0 radical (unpaired) electrons. The van der Waals surface area contributed by atoms with Gasteiger partial charge in [-0.15, -0.1) is 0 Å². The second kappa shape index (κ2) is 8.94. The molecule has 32 heavy (non-hydrogen) atoms. The molecule has 4 rings (SSSR count). The van der Waals surface area contributed by atoms with E-state index in [1.807, 2.05) is 48.4 Å². The quantitative estimate of drug-likeness (QED) is 0.508. The fraction of sp³-hybridized carbons (Fsp3) is 0.346. The molecule has 0 amide bonds. The van der Waals surface area contributed by atoms with Gasteiger partial charge in [0.25, 0.3) is 0 Å². The van der Waals surface area contributed by atoms with Crippen LogP contribution in [-0.2, 0) is 19.9 Å². The normalized spacial score (nSPS) is 17.6. The number of allylic oxidation sites excluding steroid dienone is 1. The number of aryl methyl sites for hydroxylation is 2. The van der Waals surface area contributed by atoms with Gasteiger partial charge in [0.2, 0.25) is 0 Å². The van der Waals surface area contributed by atoms with Crippen molar-refractivity contribution in [2.75, 3.05) is 0 Å². The number of aromatic nitrogens is 3. The van der Waals surface area contributed by atoms with Crippen LogP contribution in [0.3, 0.4) is 0 Å². The molecule has 1 aliphatic heterocycles. The lowest BCUT2D eigenvalue weighted by Gasteiger charge is -2.25. The first kappa shape index (κ1) is 22.3. The van der Waals surface area contributed by atoms with Crippen molar-refractivity contribution in [1.29, 1.82) is 0 Å². The summed E-state index contributed by atoms with van der Waals surface area (Å²) in [7, 11) is 1.88. The van der Waals surface area contributed by atoms with Crippen LogP contribution < -0.4 is 5.69 Å². The number of hydrogen-bond acceptors (Lipinski definition) is 4. The summed E-state index contributed by atoms with van der Waals surface area (Å²) in [6.45, 7) is 8.36. The molecule has 0 aliphatic carbocycles. The maximum absolute atomic E-state index is 13.3. The molecule has 0 saturated carbocycles. The summed E-state index contributed by atoms with van der Waals surface area (Å²) >= 11 is 1.68. The fourth-order valence-electron chi connectivity index (χ4n) is 4.38. The van der Waals surface area contributed by atoms with E-state index in [4.69, 9.17) is 4.99 Å². The molecular formula is C26H30N4OS. The maximum Gasteiger partial charge on any atom is 0.329 e. The lowest BCUT2D eigenvalue weighted by atomic mass is 9.88. The Hall–Kier alpha value is -2.86. The molecule has 3 aromatic rings. The van der Waals surface area contributed by atoms with Gasteiger partial charge in [0, 0.05) is 49.4 Å². The van der Waals surface area contributed by atoms with Crippen LogP contribution in [0.5, 0.6) is 0 Å². The van der Waals surface area contributed by atoms with Gasteiger partial charge in [-0.05, 0) is 74.7 Å². The Bertz CT molecular complexity index is 1200. The van der Waals surface area contributed by atoms with E-state index in [1.165, 1.54) is 16.7 Å². The van der Waals surface area contributed by atoms with Gasteiger partial charge in [-0.3, -0.25) is 19.1 Å². The zero-order valence-corrected chi connectivity index (χ0v) is 20.2. The van der Waals surface area contributed by atoms with E-state index in [9.17, 15) is 4.79 Å². The van der Waals surface area contributed by atoms with E-state index < -0.39 is 5.54 Å². The minimum atomic E-state index is -0.410. The Morgan fingerprint density at radius 1 is 1.06 bits per heavy atom. The Kier molecular flexibility index (Phi) is 6.24. The van der Waals surface area contributed by atoms with E-state index in [0.717, 1.165) is 22.0 Å². The number of benzene rings is 1. The van der Waals surface area contributed by atoms with E-state index in [0.29, 0.717) is 6.42 Å². The van der Waals surface area contributed by atoms with Gasteiger partial charge in [-0.25, -0.2) is 4.79 Å². The van der Waals surface area contributed by atoms with Gasteiger partial charge in [0.05, 0.1) is 11.2 Å². The summed E-state index contributed by atoms with van der Waals surface area (Å²) in [4.78, 5) is 23.4. The zero-order valence-electron chi connectivity index (χ0n) is 19.4. The van der Waals surface area contributed by atoms with Crippen molar-refractivity contribution in [3.8, 4) is 0 Å². The van der Waals surface area contributed by atoms with E-state index >= 15 is 0 Å². The summed E-state index contributed by atoms with van der Waals surface area (Å²) in [5.41, 5.74) is 4.26. The molecule has 6 heteroatoms. The number of imidazole rings is 1. The number of nitrogens with zero attached hydrogens (tertiary/aromatic N) is 4. The molecule has 0 saturated heterocycles. The van der Waals surface area contributed by atoms with Crippen molar-refractivity contribution in [1.82, 2.24) is 14.1 Å². The summed E-state index contributed by atoms with van der Waals surface area (Å²) in [6, 6.07) is 10.7. The second-order valence-corrected chi connectivity index (χ2v) is 9.99. The van der Waals surface area contributed by atoms with Gasteiger partial charge in [0.1, 0.15) is 5.03 Å². The summed E-state index contributed by atoms with van der Waals surface area (Å²) in [5, 5.41) is 1.00. The smallest absolute Gasteiger partial charge is 0.298 e. The average Bonchev–Trinajstić information content (AvgIpc) is 3.27. The molecule has 1 atom stereocenters. The first-order chi connectivity index (χ1) is 15.3. The molecule has 3 heterocycles. The molecule has 0 bridgehead atoms. The van der Waals surface area contributed by atoms with Crippen molar-refractivity contribution >= 4 is 18.0 Å². The molecule has 5 nitrogen and oxygen atoms in total. The van der Waals surface area contributed by atoms with Crippen molar-refractivity contribution < 1.29 is 0 Å². The lowest BCUT2D eigenvalue weighted by molar-refractivity contribution is 0.508. The molecular weight excluding hydrogens is 416 g/mol. The number of aliphatic imine (C=N–C) groups is 1. The lowest BCUT2D eigenvalue weighted by Crippen LogP contribution is -2.30. The maximum atomic E-state index is 13.3. The molecule has 166 valence electrons. The summed E-state index contributed by atoms with van der Waals surface area (Å²) < 4.78 is 3.72. The van der Waals surface area contributed by atoms with Crippen LogP contribution in [-0.4, -0.2) is 25.9 Å². The minimum absolute atomic E-state index is 0.0203. The van der Waals surface area contributed by atoms with Gasteiger partial charge in [-0.1, -0.05) is 23.9 Å². The van der Waals surface area contributed by atoms with Crippen molar-refractivity contribution in [3.63, 3.8) is 0 Å². The standard InChI is InChI=1S/C26H30N4OS/c1-18(2)30-24(32-22-14-19(3)13-20(4)15-22)23(29(5)25(30)31)17-26(9-6-10-28-26)16-21-7-11-27-12-8-21/h6-15,18H,16-17H2,1-5H3. The van der Waals surface area contributed by atoms with E-state index in [-0.39, 0.29) is 11.7 Å². The van der Waals surface area contributed by atoms with Gasteiger partial charge in [-0.2, -0.15) is 0 Å². The Balaban J connectivity index is 1.79. The van der Waals surface area contributed by atoms with E-state index in [1.54, 1.807) is 16.3 Å². The summed E-state index contributed by atoms with van der Waals surface area (Å²) in [5.74, 6) is 0. The molecule has 0 N–H and O–H groups in total. The highest BCUT2D eigenvalue weighted by Gasteiger charge is 2.33. The first-order valence-corrected chi connectivity index (χ1v) is 11.8. The molecule has 0 spiro atoms. The predicted molar refractivity (Wildman–Crippen MR) is 132 cm³/mol. The Morgan fingerprint density at radius 3 is 2.34 bits per heavy atom. The van der Waals surface area contributed by atoms with Crippen LogP contribution in [0.1, 0.15) is 42.3 Å². The van der Waals surface area contributed by atoms with Gasteiger partial charge in [0.15, 0.2) is 0 Å². The Labute approximate surface area is 193 Å². The predicted octanol–water partition coefficient (Wildman–Crippen LogP) is 5.10. The molecule has 2 aromatic heterocycles. The van der Waals surface area contributed by atoms with Crippen LogP contribution in [0.25, 0.3) is 0 Å². The highest BCUT2D eigenvalue weighted by molar-refractivity contribution is 7.99. The molecule has 0 fully saturated rings. The van der Waals surface area contributed by atoms with Crippen molar-refractivity contribution in [2.24, 2.45) is 12.0 Å². The third-order valence-corrected chi connectivity index (χ3v) is 6.94. The van der Waals surface area contributed by atoms with Crippen LogP contribution in [0.15, 0.2) is 74.6 Å². The van der Waals surface area contributed by atoms with E-state index in [2.05, 4.69) is 57.0 Å². The van der Waals surface area contributed by atoms with Crippen molar-refractivity contribution in [2.45, 2.75) is 62.0 Å². The van der Waals surface area contributed by atoms with Crippen molar-refractivity contribution in [3.05, 3.63) is 87.7 Å². The number of rotatable bonds is 7. The third kappa shape index (κ3) is 4.51. The average molecular weight is 447 g/mol. The first-order valence-electron chi connectivity index (χ1n) is 11.0. The molecule has 1 aromatic carbocycles. The zero-order chi connectivity index (χ0) is 22.9. The van der Waals surface area contributed by atoms with Crippen LogP contribution >= 0.6 is 11.8 Å². The highest BCUT2D eigenvalue weighted by atomic mass is 32.2. The second-order valence-electron chi connectivity index (χ2n) is 8.93. The highest BCUT2D eigenvalue weighted by Crippen LogP contribution is 2.36. The van der Waals surface area contributed by atoms with Crippen LogP contribution in [0, 0.1) is 13.8 Å². The third-order valence-electron chi connectivity index (χ3n) is 5.85.